The van der Waals surface area contributed by atoms with E-state index in [0.717, 1.165) is 5.82 Å². The summed E-state index contributed by atoms with van der Waals surface area (Å²) < 4.78 is 1.83. The van der Waals surface area contributed by atoms with Crippen molar-refractivity contribution in [3.63, 3.8) is 0 Å². The maximum atomic E-state index is 11.9. The van der Waals surface area contributed by atoms with Gasteiger partial charge in [0.05, 0.1) is 12.5 Å². The maximum absolute atomic E-state index is 11.9. The van der Waals surface area contributed by atoms with Gasteiger partial charge in [-0.25, -0.2) is 9.78 Å². The van der Waals surface area contributed by atoms with Crippen LogP contribution in [0.15, 0.2) is 12.4 Å². The van der Waals surface area contributed by atoms with Crippen molar-refractivity contribution >= 4 is 12.0 Å². The maximum Gasteiger partial charge on any atom is 0.317 e. The first-order valence-electron chi connectivity index (χ1n) is 6.51. The number of carbonyl (C=O) groups is 2. The van der Waals surface area contributed by atoms with Crippen molar-refractivity contribution in [1.29, 1.82) is 0 Å². The lowest BCUT2D eigenvalue weighted by atomic mass is 9.96. The molecule has 2 N–H and O–H groups in total. The Kier molecular flexibility index (Phi) is 5.54. The van der Waals surface area contributed by atoms with Gasteiger partial charge in [-0.2, -0.15) is 0 Å². The molecule has 20 heavy (non-hydrogen) atoms. The van der Waals surface area contributed by atoms with Gasteiger partial charge in [0.1, 0.15) is 5.82 Å². The highest BCUT2D eigenvalue weighted by molar-refractivity contribution is 5.75. The molecule has 1 heterocycles. The van der Waals surface area contributed by atoms with Crippen molar-refractivity contribution in [1.82, 2.24) is 19.8 Å². The number of hydrogen-bond donors (Lipinski definition) is 2. The van der Waals surface area contributed by atoms with Crippen molar-refractivity contribution in [2.45, 2.75) is 20.4 Å². The Balaban J connectivity index is 2.50. The molecular weight excluding hydrogens is 260 g/mol. The monoisotopic (exact) mass is 282 g/mol. The van der Waals surface area contributed by atoms with Gasteiger partial charge in [-0.1, -0.05) is 13.8 Å². The summed E-state index contributed by atoms with van der Waals surface area (Å²) in [5, 5.41) is 11.7. The minimum Gasteiger partial charge on any atom is -0.481 e. The van der Waals surface area contributed by atoms with Crippen LogP contribution in [-0.4, -0.2) is 45.2 Å². The standard InChI is InChI=1S/C13H22N4O3/c1-9(2)10(12(18)19)7-15-13(20)17(4)8-11-14-5-6-16(11)3/h5-6,9-10H,7-8H2,1-4H3,(H,15,20)(H,18,19). The predicted molar refractivity (Wildman–Crippen MR) is 74.0 cm³/mol. The number of hydrogen-bond acceptors (Lipinski definition) is 3. The normalized spacial score (nSPS) is 12.2. The van der Waals surface area contributed by atoms with Crippen LogP contribution in [0.4, 0.5) is 4.79 Å². The zero-order valence-electron chi connectivity index (χ0n) is 12.3. The van der Waals surface area contributed by atoms with E-state index in [1.54, 1.807) is 19.4 Å². The molecule has 0 spiro atoms. The molecule has 0 aliphatic carbocycles. The van der Waals surface area contributed by atoms with E-state index in [4.69, 9.17) is 5.11 Å². The molecule has 1 aromatic rings. The van der Waals surface area contributed by atoms with Gasteiger partial charge >= 0.3 is 12.0 Å². The molecular formula is C13H22N4O3. The van der Waals surface area contributed by atoms with E-state index in [1.165, 1.54) is 4.90 Å². The van der Waals surface area contributed by atoms with E-state index in [-0.39, 0.29) is 18.5 Å². The number of amides is 2. The van der Waals surface area contributed by atoms with Crippen molar-refractivity contribution < 1.29 is 14.7 Å². The van der Waals surface area contributed by atoms with Crippen molar-refractivity contribution in [2.75, 3.05) is 13.6 Å². The second kappa shape index (κ2) is 6.93. The Morgan fingerprint density at radius 3 is 2.60 bits per heavy atom. The van der Waals surface area contributed by atoms with Crippen molar-refractivity contribution in [3.05, 3.63) is 18.2 Å². The summed E-state index contributed by atoms with van der Waals surface area (Å²) >= 11 is 0. The Labute approximate surface area is 118 Å². The van der Waals surface area contributed by atoms with Gasteiger partial charge in [0.2, 0.25) is 0 Å². The van der Waals surface area contributed by atoms with E-state index in [9.17, 15) is 9.59 Å². The number of aliphatic carboxylic acids is 1. The first-order valence-corrected chi connectivity index (χ1v) is 6.51. The van der Waals surface area contributed by atoms with Crippen LogP contribution in [-0.2, 0) is 18.4 Å². The summed E-state index contributed by atoms with van der Waals surface area (Å²) in [5.41, 5.74) is 0. The smallest absolute Gasteiger partial charge is 0.317 e. The molecule has 1 unspecified atom stereocenters. The van der Waals surface area contributed by atoms with Crippen LogP contribution >= 0.6 is 0 Å². The molecule has 0 fully saturated rings. The highest BCUT2D eigenvalue weighted by atomic mass is 16.4. The summed E-state index contributed by atoms with van der Waals surface area (Å²) in [6.45, 7) is 4.14. The Hall–Kier alpha value is -2.05. The summed E-state index contributed by atoms with van der Waals surface area (Å²) in [5.74, 6) is -0.749. The topological polar surface area (TPSA) is 87.5 Å². The fraction of sp³-hybridized carbons (Fsp3) is 0.615. The van der Waals surface area contributed by atoms with E-state index in [2.05, 4.69) is 10.3 Å². The number of aromatic nitrogens is 2. The number of carboxylic acids is 1. The number of nitrogens with zero attached hydrogens (tertiary/aromatic N) is 3. The van der Waals surface area contributed by atoms with Gasteiger partial charge < -0.3 is 19.9 Å². The van der Waals surface area contributed by atoms with Crippen LogP contribution in [0.2, 0.25) is 0 Å². The van der Waals surface area contributed by atoms with Crippen LogP contribution in [0.1, 0.15) is 19.7 Å². The van der Waals surface area contributed by atoms with Gasteiger partial charge in [0, 0.05) is 33.0 Å². The van der Waals surface area contributed by atoms with Crippen molar-refractivity contribution in [3.8, 4) is 0 Å². The molecule has 7 heteroatoms. The number of nitrogens with one attached hydrogen (secondary N) is 1. The lowest BCUT2D eigenvalue weighted by Crippen LogP contribution is -2.42. The summed E-state index contributed by atoms with van der Waals surface area (Å²) in [4.78, 5) is 28.6. The van der Waals surface area contributed by atoms with E-state index >= 15 is 0 Å². The lowest BCUT2D eigenvalue weighted by Gasteiger charge is -2.21. The highest BCUT2D eigenvalue weighted by Gasteiger charge is 2.22. The molecule has 7 nitrogen and oxygen atoms in total. The molecule has 0 aromatic carbocycles. The van der Waals surface area contributed by atoms with Gasteiger partial charge in [-0.05, 0) is 5.92 Å². The van der Waals surface area contributed by atoms with E-state index in [1.807, 2.05) is 25.5 Å². The number of aryl methyl sites for hydroxylation is 1. The highest BCUT2D eigenvalue weighted by Crippen LogP contribution is 2.10. The average molecular weight is 282 g/mol. The molecule has 0 radical (unpaired) electrons. The van der Waals surface area contributed by atoms with Gasteiger partial charge in [-0.15, -0.1) is 0 Å². The fourth-order valence-corrected chi connectivity index (χ4v) is 1.77. The SMILES string of the molecule is CC(C)C(CNC(=O)N(C)Cc1nccn1C)C(=O)O. The largest absolute Gasteiger partial charge is 0.481 e. The first kappa shape index (κ1) is 16.0. The number of imidazole rings is 1. The van der Waals surface area contributed by atoms with Crippen LogP contribution in [0.3, 0.4) is 0 Å². The number of carboxylic acid groups (broad SMARTS) is 1. The third-order valence-corrected chi connectivity index (χ3v) is 3.24. The molecule has 0 aliphatic rings. The average Bonchev–Trinajstić information content (AvgIpc) is 2.74. The third kappa shape index (κ3) is 4.25. The molecule has 1 aromatic heterocycles. The first-order chi connectivity index (χ1) is 9.32. The van der Waals surface area contributed by atoms with Gasteiger partial charge in [0.15, 0.2) is 0 Å². The molecule has 0 aliphatic heterocycles. The molecule has 0 bridgehead atoms. The van der Waals surface area contributed by atoms with Crippen LogP contribution < -0.4 is 5.32 Å². The molecule has 112 valence electrons. The predicted octanol–water partition coefficient (Wildman–Crippen LogP) is 0.918. The van der Waals surface area contributed by atoms with Gasteiger partial charge in [-0.3, -0.25) is 4.79 Å². The molecule has 0 saturated carbocycles. The number of rotatable bonds is 6. The Bertz CT molecular complexity index is 470. The summed E-state index contributed by atoms with van der Waals surface area (Å²) in [6, 6.07) is -0.306. The second-order valence-corrected chi connectivity index (χ2v) is 5.19. The molecule has 1 rings (SSSR count). The zero-order valence-corrected chi connectivity index (χ0v) is 12.3. The lowest BCUT2D eigenvalue weighted by molar-refractivity contribution is -0.142. The zero-order chi connectivity index (χ0) is 15.3. The molecule has 0 saturated heterocycles. The Morgan fingerprint density at radius 1 is 1.50 bits per heavy atom. The van der Waals surface area contributed by atoms with Crippen LogP contribution in [0.5, 0.6) is 0 Å². The molecule has 1 atom stereocenters. The number of carbonyl (C=O) groups excluding carboxylic acids is 1. The fourth-order valence-electron chi connectivity index (χ4n) is 1.77. The third-order valence-electron chi connectivity index (χ3n) is 3.24. The minimum absolute atomic E-state index is 0.0346. The van der Waals surface area contributed by atoms with E-state index < -0.39 is 11.9 Å². The second-order valence-electron chi connectivity index (χ2n) is 5.19. The quantitative estimate of drug-likeness (QED) is 0.812. The van der Waals surface area contributed by atoms with Crippen LogP contribution in [0.25, 0.3) is 0 Å². The number of urea groups is 1. The van der Waals surface area contributed by atoms with Crippen LogP contribution in [0, 0.1) is 11.8 Å². The van der Waals surface area contributed by atoms with Crippen molar-refractivity contribution in [2.24, 2.45) is 18.9 Å². The van der Waals surface area contributed by atoms with E-state index in [0.29, 0.717) is 6.54 Å². The summed E-state index contributed by atoms with van der Waals surface area (Å²) in [6.07, 6.45) is 3.47. The molecule has 2 amide bonds. The summed E-state index contributed by atoms with van der Waals surface area (Å²) in [7, 11) is 3.50. The Morgan fingerprint density at radius 2 is 2.15 bits per heavy atom. The minimum atomic E-state index is -0.896. The van der Waals surface area contributed by atoms with Gasteiger partial charge in [0.25, 0.3) is 0 Å².